The van der Waals surface area contributed by atoms with Crippen molar-refractivity contribution in [1.29, 1.82) is 0 Å². The van der Waals surface area contributed by atoms with Gasteiger partial charge in [-0.2, -0.15) is 0 Å². The minimum Gasteiger partial charge on any atom is -0.443 e. The second-order valence-electron chi connectivity index (χ2n) is 7.05. The molecule has 3 rings (SSSR count). The van der Waals surface area contributed by atoms with Crippen LogP contribution in [0.1, 0.15) is 50.8 Å². The van der Waals surface area contributed by atoms with Gasteiger partial charge < -0.3 is 4.74 Å². The van der Waals surface area contributed by atoms with Crippen molar-refractivity contribution >= 4 is 11.8 Å². The molecule has 2 aromatic rings. The number of anilines is 1. The van der Waals surface area contributed by atoms with Crippen LogP contribution in [0.5, 0.6) is 0 Å². The van der Waals surface area contributed by atoms with E-state index in [9.17, 15) is 4.79 Å². The molecule has 0 N–H and O–H groups in total. The minimum atomic E-state index is -0.515. The Morgan fingerprint density at radius 2 is 1.61 bits per heavy atom. The lowest BCUT2D eigenvalue weighted by atomic mass is 9.92. The molecule has 3 heteroatoms. The molecule has 1 unspecified atom stereocenters. The van der Waals surface area contributed by atoms with Crippen molar-refractivity contribution in [2.24, 2.45) is 0 Å². The van der Waals surface area contributed by atoms with Gasteiger partial charge >= 0.3 is 6.09 Å². The second-order valence-corrected chi connectivity index (χ2v) is 7.05. The van der Waals surface area contributed by atoms with Gasteiger partial charge in [0.05, 0.1) is 11.7 Å². The van der Waals surface area contributed by atoms with Gasteiger partial charge in [0.25, 0.3) is 0 Å². The quantitative estimate of drug-likeness (QED) is 0.716. The Balaban J connectivity index is 2.06. The number of hydrogen-bond acceptors (Lipinski definition) is 2. The van der Waals surface area contributed by atoms with E-state index in [1.165, 1.54) is 5.56 Å². The number of carbonyl (C=O) groups excluding carboxylic acids is 1. The number of hydrogen-bond donors (Lipinski definition) is 0. The molecule has 1 aliphatic heterocycles. The zero-order chi connectivity index (χ0) is 16.6. The number of carbonyl (C=O) groups is 1. The van der Waals surface area contributed by atoms with E-state index in [2.05, 4.69) is 25.1 Å². The molecule has 1 amide bonds. The van der Waals surface area contributed by atoms with Crippen molar-refractivity contribution in [3.63, 3.8) is 0 Å². The number of rotatable bonds is 1. The van der Waals surface area contributed by atoms with Crippen molar-refractivity contribution in [2.45, 2.75) is 45.3 Å². The van der Waals surface area contributed by atoms with Crippen LogP contribution in [0.25, 0.3) is 0 Å². The lowest BCUT2D eigenvalue weighted by Crippen LogP contribution is -2.38. The molecule has 1 heterocycles. The predicted octanol–water partition coefficient (Wildman–Crippen LogP) is 5.29. The van der Waals surface area contributed by atoms with E-state index < -0.39 is 5.60 Å². The Bertz CT molecular complexity index is 703. The topological polar surface area (TPSA) is 29.5 Å². The van der Waals surface area contributed by atoms with Gasteiger partial charge in [0.1, 0.15) is 5.60 Å². The maximum Gasteiger partial charge on any atom is 0.415 e. The molecule has 3 nitrogen and oxygen atoms in total. The third kappa shape index (κ3) is 2.96. The zero-order valence-electron chi connectivity index (χ0n) is 14.1. The summed E-state index contributed by atoms with van der Waals surface area (Å²) in [6.07, 6.45) is -0.289. The Hall–Kier alpha value is -2.29. The smallest absolute Gasteiger partial charge is 0.415 e. The van der Waals surface area contributed by atoms with Crippen molar-refractivity contribution < 1.29 is 9.53 Å². The third-order valence-electron chi connectivity index (χ3n) is 4.17. The lowest BCUT2D eigenvalue weighted by Gasteiger charge is -2.30. The Morgan fingerprint density at radius 3 is 2.26 bits per heavy atom. The highest BCUT2D eigenvalue weighted by Crippen LogP contribution is 2.49. The fourth-order valence-electron chi connectivity index (χ4n) is 3.25. The van der Waals surface area contributed by atoms with E-state index in [4.69, 9.17) is 4.74 Å². The molecule has 23 heavy (non-hydrogen) atoms. The first-order valence-electron chi connectivity index (χ1n) is 8.04. The molecular formula is C20H23NO2. The van der Waals surface area contributed by atoms with Crippen molar-refractivity contribution in [2.75, 3.05) is 4.90 Å². The van der Waals surface area contributed by atoms with Gasteiger partial charge in [-0.15, -0.1) is 0 Å². The largest absolute Gasteiger partial charge is 0.443 e. The van der Waals surface area contributed by atoms with Crippen LogP contribution in [0.3, 0.4) is 0 Å². The predicted molar refractivity (Wildman–Crippen MR) is 92.8 cm³/mol. The van der Waals surface area contributed by atoms with Crippen LogP contribution >= 0.6 is 0 Å². The number of ether oxygens (including phenoxy) is 1. The fraction of sp³-hybridized carbons (Fsp3) is 0.350. The summed E-state index contributed by atoms with van der Waals surface area (Å²) in [5.41, 5.74) is 2.75. The summed E-state index contributed by atoms with van der Waals surface area (Å²) in [7, 11) is 0. The first kappa shape index (κ1) is 15.6. The van der Waals surface area contributed by atoms with Crippen LogP contribution in [0, 0.1) is 0 Å². The summed E-state index contributed by atoms with van der Waals surface area (Å²) < 4.78 is 5.67. The van der Waals surface area contributed by atoms with Gasteiger partial charge in [-0.1, -0.05) is 55.5 Å². The second kappa shape index (κ2) is 5.73. The highest BCUT2D eigenvalue weighted by atomic mass is 16.6. The van der Waals surface area contributed by atoms with Gasteiger partial charge in [0, 0.05) is 5.92 Å². The van der Waals surface area contributed by atoms with Crippen LogP contribution in [0.2, 0.25) is 0 Å². The van der Waals surface area contributed by atoms with Crippen LogP contribution in [-0.4, -0.2) is 11.7 Å². The van der Waals surface area contributed by atoms with Crippen LogP contribution in [-0.2, 0) is 4.74 Å². The maximum atomic E-state index is 12.9. The normalized spacial score (nSPS) is 20.3. The molecule has 120 valence electrons. The van der Waals surface area contributed by atoms with E-state index >= 15 is 0 Å². The summed E-state index contributed by atoms with van der Waals surface area (Å²) in [4.78, 5) is 14.7. The van der Waals surface area contributed by atoms with Gasteiger partial charge in [-0.25, -0.2) is 4.79 Å². The van der Waals surface area contributed by atoms with Gasteiger partial charge in [-0.05, 0) is 38.0 Å². The van der Waals surface area contributed by atoms with Crippen LogP contribution in [0.4, 0.5) is 10.5 Å². The molecule has 2 aromatic carbocycles. The molecule has 0 spiro atoms. The Labute approximate surface area is 137 Å². The van der Waals surface area contributed by atoms with Gasteiger partial charge in [0.15, 0.2) is 0 Å². The molecule has 0 saturated heterocycles. The summed E-state index contributed by atoms with van der Waals surface area (Å²) in [5, 5.41) is 0. The Kier molecular flexibility index (Phi) is 3.88. The van der Waals surface area contributed by atoms with E-state index in [1.54, 1.807) is 4.90 Å². The van der Waals surface area contributed by atoms with Crippen LogP contribution < -0.4 is 4.90 Å². The monoisotopic (exact) mass is 309 g/mol. The maximum absolute atomic E-state index is 12.9. The number of fused-ring (bicyclic) bond motifs is 1. The fourth-order valence-corrected chi connectivity index (χ4v) is 3.25. The lowest BCUT2D eigenvalue weighted by molar-refractivity contribution is 0.0566. The first-order chi connectivity index (χ1) is 10.9. The number of amides is 1. The number of benzene rings is 2. The average Bonchev–Trinajstić information content (AvgIpc) is 2.80. The van der Waals surface area contributed by atoms with Gasteiger partial charge in [0.2, 0.25) is 0 Å². The van der Waals surface area contributed by atoms with E-state index in [1.807, 2.05) is 57.2 Å². The van der Waals surface area contributed by atoms with Crippen molar-refractivity contribution in [1.82, 2.24) is 0 Å². The standard InChI is InChI=1S/C20H23NO2/c1-14-16-12-8-9-13-17(16)21(19(22)23-20(2,3)4)18(14)15-10-6-5-7-11-15/h5-14,18H,1-4H3/t14-,18?/m0/s1. The molecule has 0 saturated carbocycles. The summed E-state index contributed by atoms with van der Waals surface area (Å²) in [6.45, 7) is 7.86. The molecule has 0 radical (unpaired) electrons. The highest BCUT2D eigenvalue weighted by molar-refractivity contribution is 5.92. The average molecular weight is 309 g/mol. The molecule has 0 bridgehead atoms. The number of nitrogens with zero attached hydrogens (tertiary/aromatic N) is 1. The SMILES string of the molecule is C[C@H]1c2ccccc2N(C(=O)OC(C)(C)C)C1c1ccccc1. The molecule has 0 aliphatic carbocycles. The minimum absolute atomic E-state index is 0.0385. The third-order valence-corrected chi connectivity index (χ3v) is 4.17. The molecular weight excluding hydrogens is 286 g/mol. The number of para-hydroxylation sites is 1. The van der Waals surface area contributed by atoms with Crippen molar-refractivity contribution in [3.8, 4) is 0 Å². The summed E-state index contributed by atoms with van der Waals surface area (Å²) in [5.74, 6) is 0.223. The molecule has 2 atom stereocenters. The van der Waals surface area contributed by atoms with E-state index in [-0.39, 0.29) is 18.1 Å². The first-order valence-corrected chi connectivity index (χ1v) is 8.04. The van der Waals surface area contributed by atoms with E-state index in [0.717, 1.165) is 11.3 Å². The highest BCUT2D eigenvalue weighted by Gasteiger charge is 2.41. The zero-order valence-corrected chi connectivity index (χ0v) is 14.1. The summed E-state index contributed by atoms with van der Waals surface area (Å²) in [6, 6.07) is 18.2. The van der Waals surface area contributed by atoms with Crippen LogP contribution in [0.15, 0.2) is 54.6 Å². The summed E-state index contributed by atoms with van der Waals surface area (Å²) >= 11 is 0. The van der Waals surface area contributed by atoms with Crippen molar-refractivity contribution in [3.05, 3.63) is 65.7 Å². The van der Waals surface area contributed by atoms with E-state index in [0.29, 0.717) is 0 Å². The Morgan fingerprint density at radius 1 is 1.00 bits per heavy atom. The molecule has 1 aliphatic rings. The molecule has 0 fully saturated rings. The molecule has 0 aromatic heterocycles. The van der Waals surface area contributed by atoms with Gasteiger partial charge in [-0.3, -0.25) is 4.90 Å².